The van der Waals surface area contributed by atoms with E-state index in [-0.39, 0.29) is 0 Å². The second-order valence-corrected chi connectivity index (χ2v) is 5.49. The van der Waals surface area contributed by atoms with E-state index in [1.165, 1.54) is 25.7 Å². The Labute approximate surface area is 125 Å². The summed E-state index contributed by atoms with van der Waals surface area (Å²) in [4.78, 5) is 2.58. The normalized spacial score (nSPS) is 22.8. The molecule has 0 radical (unpaired) electrons. The van der Waals surface area contributed by atoms with Gasteiger partial charge in [-0.15, -0.1) is 0 Å². The topological polar surface area (TPSA) is 33.7 Å². The Hall–Kier alpha value is -0.160. The number of nitrogens with one attached hydrogen (secondary N) is 1. The van der Waals surface area contributed by atoms with Crippen LogP contribution in [0.2, 0.25) is 0 Å². The second kappa shape index (κ2) is 11.5. The Morgan fingerprint density at radius 3 is 2.20 bits per heavy atom. The van der Waals surface area contributed by atoms with Gasteiger partial charge in [-0.25, -0.2) is 0 Å². The molecule has 0 aromatic rings. The van der Waals surface area contributed by atoms with Crippen LogP contribution in [0, 0.1) is 0 Å². The molecule has 0 saturated heterocycles. The maximum atomic E-state index is 5.54. The van der Waals surface area contributed by atoms with E-state index in [9.17, 15) is 0 Å². The number of hydrogen-bond donors (Lipinski definition) is 1. The van der Waals surface area contributed by atoms with Gasteiger partial charge >= 0.3 is 0 Å². The van der Waals surface area contributed by atoms with Crippen LogP contribution in [0.1, 0.15) is 46.5 Å². The quantitative estimate of drug-likeness (QED) is 0.558. The standard InChI is InChI=1S/C16H34N2O2/c1-4-10-17-15-8-7-9-16(15)18(11-13-19-5-2)12-14-20-6-3/h15-17H,4-14H2,1-3H3. The molecular formula is C16H34N2O2. The lowest BCUT2D eigenvalue weighted by Crippen LogP contribution is -2.49. The molecule has 2 atom stereocenters. The molecule has 1 N–H and O–H groups in total. The van der Waals surface area contributed by atoms with E-state index in [1.54, 1.807) is 0 Å². The van der Waals surface area contributed by atoms with Crippen molar-refractivity contribution >= 4 is 0 Å². The maximum Gasteiger partial charge on any atom is 0.0593 e. The third-order valence-electron chi connectivity index (χ3n) is 4.06. The molecule has 20 heavy (non-hydrogen) atoms. The zero-order chi connectivity index (χ0) is 14.6. The average molecular weight is 286 g/mol. The molecular weight excluding hydrogens is 252 g/mol. The molecule has 0 aliphatic heterocycles. The van der Waals surface area contributed by atoms with Crippen LogP contribution in [0.15, 0.2) is 0 Å². The molecule has 0 heterocycles. The average Bonchev–Trinajstić information content (AvgIpc) is 2.92. The van der Waals surface area contributed by atoms with Gasteiger partial charge in [-0.3, -0.25) is 4.90 Å². The Balaban J connectivity index is 2.45. The molecule has 4 heteroatoms. The number of nitrogens with zero attached hydrogens (tertiary/aromatic N) is 1. The summed E-state index contributed by atoms with van der Waals surface area (Å²) in [5.41, 5.74) is 0. The fraction of sp³-hybridized carbons (Fsp3) is 1.00. The molecule has 1 saturated carbocycles. The van der Waals surface area contributed by atoms with Crippen LogP contribution >= 0.6 is 0 Å². The monoisotopic (exact) mass is 286 g/mol. The third kappa shape index (κ3) is 6.53. The fourth-order valence-electron chi connectivity index (χ4n) is 3.04. The van der Waals surface area contributed by atoms with Crippen LogP contribution in [0.25, 0.3) is 0 Å². The highest BCUT2D eigenvalue weighted by Crippen LogP contribution is 2.24. The van der Waals surface area contributed by atoms with E-state index in [4.69, 9.17) is 9.47 Å². The van der Waals surface area contributed by atoms with Crippen LogP contribution in [0.5, 0.6) is 0 Å². The first kappa shape index (κ1) is 17.9. The molecule has 0 aromatic heterocycles. The number of rotatable bonds is 12. The van der Waals surface area contributed by atoms with Crippen molar-refractivity contribution in [3.05, 3.63) is 0 Å². The van der Waals surface area contributed by atoms with Crippen LogP contribution in [0.3, 0.4) is 0 Å². The molecule has 0 aromatic carbocycles. The van der Waals surface area contributed by atoms with Crippen molar-refractivity contribution in [3.63, 3.8) is 0 Å². The van der Waals surface area contributed by atoms with Crippen molar-refractivity contribution in [3.8, 4) is 0 Å². The molecule has 1 fully saturated rings. The van der Waals surface area contributed by atoms with Gasteiger partial charge in [-0.2, -0.15) is 0 Å². The van der Waals surface area contributed by atoms with Gasteiger partial charge in [0.05, 0.1) is 13.2 Å². The zero-order valence-corrected chi connectivity index (χ0v) is 13.7. The highest BCUT2D eigenvalue weighted by Gasteiger charge is 2.31. The minimum Gasteiger partial charge on any atom is -0.380 e. The minimum atomic E-state index is 0.651. The summed E-state index contributed by atoms with van der Waals surface area (Å²) in [5, 5.41) is 3.72. The van der Waals surface area contributed by atoms with Gasteiger partial charge in [0.25, 0.3) is 0 Å². The van der Waals surface area contributed by atoms with Gasteiger partial charge < -0.3 is 14.8 Å². The van der Waals surface area contributed by atoms with Gasteiger partial charge in [0.15, 0.2) is 0 Å². The van der Waals surface area contributed by atoms with E-state index >= 15 is 0 Å². The number of hydrogen-bond acceptors (Lipinski definition) is 4. The molecule has 0 amide bonds. The number of ether oxygens (including phenoxy) is 2. The van der Waals surface area contributed by atoms with E-state index in [1.807, 2.05) is 0 Å². The summed E-state index contributed by atoms with van der Waals surface area (Å²) in [6, 6.07) is 1.31. The van der Waals surface area contributed by atoms with E-state index in [2.05, 4.69) is 31.0 Å². The van der Waals surface area contributed by atoms with Crippen molar-refractivity contribution in [1.82, 2.24) is 10.2 Å². The summed E-state index contributed by atoms with van der Waals surface area (Å²) in [6.07, 6.45) is 5.16. The van der Waals surface area contributed by atoms with Crippen molar-refractivity contribution in [2.75, 3.05) is 46.1 Å². The minimum absolute atomic E-state index is 0.651. The smallest absolute Gasteiger partial charge is 0.0593 e. The lowest BCUT2D eigenvalue weighted by Gasteiger charge is -2.33. The highest BCUT2D eigenvalue weighted by atomic mass is 16.5. The van der Waals surface area contributed by atoms with Gasteiger partial charge in [0, 0.05) is 38.4 Å². The Bertz CT molecular complexity index is 217. The second-order valence-electron chi connectivity index (χ2n) is 5.49. The molecule has 2 unspecified atom stereocenters. The summed E-state index contributed by atoms with van der Waals surface area (Å²) >= 11 is 0. The molecule has 0 bridgehead atoms. The van der Waals surface area contributed by atoms with Crippen molar-refractivity contribution in [2.24, 2.45) is 0 Å². The highest BCUT2D eigenvalue weighted by molar-refractivity contribution is 4.90. The van der Waals surface area contributed by atoms with Gasteiger partial charge in [0.2, 0.25) is 0 Å². The SMILES string of the molecule is CCCNC1CCCC1N(CCOCC)CCOCC. The van der Waals surface area contributed by atoms with Crippen LogP contribution < -0.4 is 5.32 Å². The first-order valence-corrected chi connectivity index (χ1v) is 8.46. The lowest BCUT2D eigenvalue weighted by molar-refractivity contribution is 0.0576. The summed E-state index contributed by atoms with van der Waals surface area (Å²) in [5.74, 6) is 0. The van der Waals surface area contributed by atoms with Gasteiger partial charge in [0.1, 0.15) is 0 Å². The molecule has 4 nitrogen and oxygen atoms in total. The molecule has 1 aliphatic carbocycles. The van der Waals surface area contributed by atoms with E-state index in [0.29, 0.717) is 12.1 Å². The third-order valence-corrected chi connectivity index (χ3v) is 4.06. The van der Waals surface area contributed by atoms with Crippen molar-refractivity contribution in [2.45, 2.75) is 58.5 Å². The lowest BCUT2D eigenvalue weighted by atomic mass is 10.1. The first-order valence-electron chi connectivity index (χ1n) is 8.46. The predicted molar refractivity (Wildman–Crippen MR) is 84.3 cm³/mol. The van der Waals surface area contributed by atoms with E-state index < -0.39 is 0 Å². The van der Waals surface area contributed by atoms with Gasteiger partial charge in [-0.1, -0.05) is 13.3 Å². The predicted octanol–water partition coefficient (Wildman–Crippen LogP) is 2.28. The zero-order valence-electron chi connectivity index (χ0n) is 13.7. The largest absolute Gasteiger partial charge is 0.380 e. The maximum absolute atomic E-state index is 5.54. The summed E-state index contributed by atoms with van der Waals surface area (Å²) in [7, 11) is 0. The van der Waals surface area contributed by atoms with E-state index in [0.717, 1.165) is 46.1 Å². The molecule has 1 aliphatic rings. The Kier molecular flexibility index (Phi) is 10.3. The molecule has 0 spiro atoms. The summed E-state index contributed by atoms with van der Waals surface area (Å²) < 4.78 is 11.1. The fourth-order valence-corrected chi connectivity index (χ4v) is 3.04. The van der Waals surface area contributed by atoms with Crippen LogP contribution in [-0.4, -0.2) is 63.0 Å². The van der Waals surface area contributed by atoms with Crippen molar-refractivity contribution in [1.29, 1.82) is 0 Å². The first-order chi connectivity index (χ1) is 9.83. The molecule has 120 valence electrons. The Morgan fingerprint density at radius 1 is 1.00 bits per heavy atom. The summed E-state index contributed by atoms with van der Waals surface area (Å²) in [6.45, 7) is 12.8. The van der Waals surface area contributed by atoms with Gasteiger partial charge in [-0.05, 0) is 39.7 Å². The Morgan fingerprint density at radius 2 is 1.65 bits per heavy atom. The molecule has 1 rings (SSSR count). The van der Waals surface area contributed by atoms with Crippen molar-refractivity contribution < 1.29 is 9.47 Å². The van der Waals surface area contributed by atoms with Crippen LogP contribution in [-0.2, 0) is 9.47 Å². The van der Waals surface area contributed by atoms with Crippen LogP contribution in [0.4, 0.5) is 0 Å².